The Hall–Kier alpha value is -2.12. The first kappa shape index (κ1) is 10.8. The Morgan fingerprint density at radius 3 is 1.50 bits per heavy atom. The summed E-state index contributed by atoms with van der Waals surface area (Å²) >= 11 is 0. The molecule has 0 aromatic carbocycles. The molecule has 4 heteroatoms. The summed E-state index contributed by atoms with van der Waals surface area (Å²) in [6, 6.07) is 3.12. The molecule has 0 N–H and O–H groups in total. The quantitative estimate of drug-likeness (QED) is 0.277. The van der Waals surface area contributed by atoms with E-state index in [-0.39, 0.29) is 5.57 Å². The molecule has 0 bridgehead atoms. The zero-order valence-electron chi connectivity index (χ0n) is 5.20. The number of aliphatic imine (C=N–C) groups is 1. The molecule has 10 heavy (non-hydrogen) atoms. The highest BCUT2D eigenvalue weighted by Crippen LogP contribution is 1.75. The molecule has 48 valence electrons. The van der Waals surface area contributed by atoms with Crippen molar-refractivity contribution < 1.29 is 0 Å². The van der Waals surface area contributed by atoms with Crippen molar-refractivity contribution in [2.24, 2.45) is 4.99 Å². The van der Waals surface area contributed by atoms with E-state index < -0.39 is 0 Å². The lowest BCUT2D eigenvalue weighted by Gasteiger charge is -1.58. The van der Waals surface area contributed by atoms with Crippen molar-refractivity contribution in [2.45, 2.75) is 0 Å². The molecule has 0 aliphatic heterocycles. The van der Waals surface area contributed by atoms with Crippen LogP contribution < -0.4 is 0 Å². The maximum atomic E-state index is 7.76. The fourth-order valence-electron chi connectivity index (χ4n) is 0.0250. The molecule has 0 heterocycles. The molecule has 0 fully saturated rings. The van der Waals surface area contributed by atoms with Crippen LogP contribution >= 0.6 is 0 Å². The highest BCUT2D eigenvalue weighted by Gasteiger charge is 1.76. The van der Waals surface area contributed by atoms with E-state index in [4.69, 9.17) is 15.8 Å². The summed E-state index contributed by atoms with van der Waals surface area (Å²) in [6.07, 6.45) is 1.44. The predicted molar refractivity (Wildman–Crippen MR) is 35.5 cm³/mol. The first-order valence-electron chi connectivity index (χ1n) is 2.06. The Balaban J connectivity index is 0. The minimum atomic E-state index is -0.0463. The Kier molecular flexibility index (Phi) is 10.8. The van der Waals surface area contributed by atoms with E-state index in [1.54, 1.807) is 12.1 Å². The summed E-state index contributed by atoms with van der Waals surface area (Å²) in [6.45, 7) is 5.94. The highest BCUT2D eigenvalue weighted by molar-refractivity contribution is 5.31. The third-order valence-electron chi connectivity index (χ3n) is 0.341. The van der Waals surface area contributed by atoms with Gasteiger partial charge in [-0.1, -0.05) is 6.58 Å². The standard InChI is InChI=1S/C4H2N2.C2H2N2/c1-4(2-5)3-6;1-4-2-3/h1H2;1H2. The number of allylic oxidation sites excluding steroid dienone is 1. The van der Waals surface area contributed by atoms with Gasteiger partial charge in [-0.3, -0.25) is 0 Å². The van der Waals surface area contributed by atoms with Crippen LogP contribution in [-0.2, 0) is 0 Å². The topological polar surface area (TPSA) is 83.7 Å². The van der Waals surface area contributed by atoms with Crippen LogP contribution in [0.4, 0.5) is 0 Å². The third kappa shape index (κ3) is 16.9. The number of nitrogens with zero attached hydrogens (tertiary/aromatic N) is 4. The van der Waals surface area contributed by atoms with Crippen molar-refractivity contribution in [3.8, 4) is 18.3 Å². The van der Waals surface area contributed by atoms with Gasteiger partial charge in [0.05, 0.1) is 0 Å². The maximum absolute atomic E-state index is 7.76. The van der Waals surface area contributed by atoms with Crippen molar-refractivity contribution in [3.63, 3.8) is 0 Å². The molecule has 0 rings (SSSR count). The van der Waals surface area contributed by atoms with Crippen molar-refractivity contribution >= 4 is 6.72 Å². The van der Waals surface area contributed by atoms with E-state index >= 15 is 0 Å². The highest BCUT2D eigenvalue weighted by atomic mass is 14.7. The summed E-state index contributed by atoms with van der Waals surface area (Å²) in [4.78, 5) is 2.79. The van der Waals surface area contributed by atoms with Crippen molar-refractivity contribution in [1.82, 2.24) is 0 Å². The molecule has 0 aliphatic rings. The maximum Gasteiger partial charge on any atom is 0.205 e. The van der Waals surface area contributed by atoms with E-state index in [2.05, 4.69) is 18.3 Å². The van der Waals surface area contributed by atoms with Crippen molar-refractivity contribution in [3.05, 3.63) is 12.2 Å². The van der Waals surface area contributed by atoms with Gasteiger partial charge in [-0.15, -0.1) is 0 Å². The second-order valence-corrected chi connectivity index (χ2v) is 0.960. The van der Waals surface area contributed by atoms with Gasteiger partial charge in [0.1, 0.15) is 17.7 Å². The van der Waals surface area contributed by atoms with E-state index in [9.17, 15) is 0 Å². The lowest BCUT2D eigenvalue weighted by atomic mass is 10.4. The molecule has 0 amide bonds. The Morgan fingerprint density at radius 2 is 1.50 bits per heavy atom. The van der Waals surface area contributed by atoms with Gasteiger partial charge < -0.3 is 0 Å². The summed E-state index contributed by atoms with van der Waals surface area (Å²) in [7, 11) is 0. The second-order valence-electron chi connectivity index (χ2n) is 0.960. The SMILES string of the molecule is C=C(C#N)C#N.C=NC#N. The van der Waals surface area contributed by atoms with Crippen LogP contribution in [0.15, 0.2) is 17.1 Å². The van der Waals surface area contributed by atoms with E-state index in [0.29, 0.717) is 0 Å². The Bertz CT molecular complexity index is 216. The molecular weight excluding hydrogens is 128 g/mol. The zero-order chi connectivity index (χ0) is 8.41. The van der Waals surface area contributed by atoms with Gasteiger partial charge in [-0.25, -0.2) is 0 Å². The number of hydrogen-bond donors (Lipinski definition) is 0. The zero-order valence-corrected chi connectivity index (χ0v) is 5.20. The van der Waals surface area contributed by atoms with Crippen LogP contribution in [-0.4, -0.2) is 6.72 Å². The molecule has 0 atom stereocenters. The number of rotatable bonds is 0. The summed E-state index contributed by atoms with van der Waals surface area (Å²) in [5, 5.41) is 22.9. The van der Waals surface area contributed by atoms with Crippen LogP contribution in [0.3, 0.4) is 0 Å². The first-order valence-corrected chi connectivity index (χ1v) is 2.06. The molecule has 0 aliphatic carbocycles. The normalized spacial score (nSPS) is 4.50. The third-order valence-corrected chi connectivity index (χ3v) is 0.341. The Labute approximate surface area is 59.0 Å². The molecule has 0 unspecified atom stereocenters. The first-order chi connectivity index (χ1) is 4.72. The average molecular weight is 132 g/mol. The Morgan fingerprint density at radius 1 is 1.20 bits per heavy atom. The van der Waals surface area contributed by atoms with E-state index in [1.807, 2.05) is 0 Å². The van der Waals surface area contributed by atoms with Gasteiger partial charge in [0.2, 0.25) is 6.19 Å². The summed E-state index contributed by atoms with van der Waals surface area (Å²) in [5.74, 6) is 0. The fourth-order valence-corrected chi connectivity index (χ4v) is 0.0250. The van der Waals surface area contributed by atoms with Crippen LogP contribution in [0.2, 0.25) is 0 Å². The van der Waals surface area contributed by atoms with E-state index in [1.165, 1.54) is 6.19 Å². The van der Waals surface area contributed by atoms with Crippen molar-refractivity contribution in [2.75, 3.05) is 0 Å². The van der Waals surface area contributed by atoms with Gasteiger partial charge in [0.25, 0.3) is 0 Å². The second kappa shape index (κ2) is 9.99. The monoisotopic (exact) mass is 132 g/mol. The van der Waals surface area contributed by atoms with Gasteiger partial charge in [0, 0.05) is 6.72 Å². The lowest BCUT2D eigenvalue weighted by molar-refractivity contribution is 1.46. The molecular formula is C6H4N4. The lowest BCUT2D eigenvalue weighted by Crippen LogP contribution is -1.58. The molecule has 0 saturated heterocycles. The average Bonchev–Trinajstić information content (AvgIpc) is 2.03. The molecule has 0 aromatic rings. The van der Waals surface area contributed by atoms with E-state index in [0.717, 1.165) is 0 Å². The molecule has 0 spiro atoms. The molecule has 0 saturated carbocycles. The van der Waals surface area contributed by atoms with Gasteiger partial charge >= 0.3 is 0 Å². The minimum absolute atomic E-state index is 0.0463. The molecule has 4 nitrogen and oxygen atoms in total. The predicted octanol–water partition coefficient (Wildman–Crippen LogP) is 0.758. The molecule has 0 radical (unpaired) electrons. The van der Waals surface area contributed by atoms with Crippen LogP contribution in [0, 0.1) is 34.1 Å². The summed E-state index contributed by atoms with van der Waals surface area (Å²) < 4.78 is 0. The number of nitriles is 3. The van der Waals surface area contributed by atoms with Gasteiger partial charge in [-0.05, 0) is 0 Å². The van der Waals surface area contributed by atoms with Gasteiger partial charge in [0.15, 0.2) is 0 Å². The largest absolute Gasteiger partial charge is 0.205 e. The van der Waals surface area contributed by atoms with Crippen LogP contribution in [0.1, 0.15) is 0 Å². The molecule has 0 aromatic heterocycles. The number of hydrogen-bond acceptors (Lipinski definition) is 4. The van der Waals surface area contributed by atoms with Gasteiger partial charge in [-0.2, -0.15) is 20.8 Å². The minimum Gasteiger partial charge on any atom is -0.192 e. The van der Waals surface area contributed by atoms with Crippen molar-refractivity contribution in [1.29, 1.82) is 15.8 Å². The smallest absolute Gasteiger partial charge is 0.192 e. The van der Waals surface area contributed by atoms with Crippen LogP contribution in [0.5, 0.6) is 0 Å². The van der Waals surface area contributed by atoms with Crippen LogP contribution in [0.25, 0.3) is 0 Å². The summed E-state index contributed by atoms with van der Waals surface area (Å²) in [5.41, 5.74) is -0.0463. The fraction of sp³-hybridized carbons (Fsp3) is 0.